The van der Waals surface area contributed by atoms with Crippen LogP contribution in [0.2, 0.25) is 0 Å². The molecule has 98 valence electrons. The minimum Gasteiger partial charge on any atom is -0.322 e. The van der Waals surface area contributed by atoms with Gasteiger partial charge in [0, 0.05) is 22.3 Å². The van der Waals surface area contributed by atoms with Gasteiger partial charge in [0.05, 0.1) is 6.04 Å². The Labute approximate surface area is 117 Å². The number of hydrogen-bond donors (Lipinski definition) is 1. The van der Waals surface area contributed by atoms with Gasteiger partial charge < -0.3 is 10.6 Å². The molecule has 0 saturated carbocycles. The molecule has 2 atom stereocenters. The van der Waals surface area contributed by atoms with E-state index in [4.69, 9.17) is 5.73 Å². The zero-order valence-corrected chi connectivity index (χ0v) is 12.5. The summed E-state index contributed by atoms with van der Waals surface area (Å²) in [6.07, 6.45) is 1.10. The number of nitrogens with two attached hydrogens (primary N) is 1. The van der Waals surface area contributed by atoms with Crippen LogP contribution in [-0.4, -0.2) is 24.5 Å². The van der Waals surface area contributed by atoms with E-state index in [0.717, 1.165) is 13.0 Å². The van der Waals surface area contributed by atoms with Crippen molar-refractivity contribution in [1.82, 2.24) is 4.90 Å². The van der Waals surface area contributed by atoms with Crippen LogP contribution in [0.15, 0.2) is 35.0 Å². The van der Waals surface area contributed by atoms with Gasteiger partial charge in [-0.3, -0.25) is 0 Å². The molecule has 2 rings (SSSR count). The second kappa shape index (κ2) is 6.48. The van der Waals surface area contributed by atoms with Crippen molar-refractivity contribution >= 4 is 22.7 Å². The van der Waals surface area contributed by atoms with Crippen molar-refractivity contribution in [2.45, 2.75) is 25.4 Å². The summed E-state index contributed by atoms with van der Waals surface area (Å²) < 4.78 is 0. The first-order valence-electron chi connectivity index (χ1n) is 6.18. The van der Waals surface area contributed by atoms with Gasteiger partial charge in [0.15, 0.2) is 0 Å². The average Bonchev–Trinajstić information content (AvgIpc) is 3.01. The van der Waals surface area contributed by atoms with Gasteiger partial charge in [0.1, 0.15) is 0 Å². The van der Waals surface area contributed by atoms with Gasteiger partial charge in [-0.15, -0.1) is 22.7 Å². The summed E-state index contributed by atoms with van der Waals surface area (Å²) >= 11 is 3.57. The molecule has 2 N–H and O–H groups in total. The molecule has 2 nitrogen and oxygen atoms in total. The van der Waals surface area contributed by atoms with Crippen LogP contribution in [0.5, 0.6) is 0 Å². The summed E-state index contributed by atoms with van der Waals surface area (Å²) in [7, 11) is 2.16. The van der Waals surface area contributed by atoms with Crippen molar-refractivity contribution in [2.24, 2.45) is 5.73 Å². The summed E-state index contributed by atoms with van der Waals surface area (Å²) in [4.78, 5) is 5.06. The number of likely N-dealkylation sites (N-methyl/N-ethyl adjacent to an activating group) is 1. The average molecular weight is 280 g/mol. The third kappa shape index (κ3) is 3.65. The molecular weight excluding hydrogens is 260 g/mol. The second-order valence-electron chi connectivity index (χ2n) is 4.69. The van der Waals surface area contributed by atoms with Gasteiger partial charge in [0.25, 0.3) is 0 Å². The summed E-state index contributed by atoms with van der Waals surface area (Å²) in [5, 5.41) is 4.23. The Balaban J connectivity index is 1.85. The molecule has 2 aromatic rings. The molecule has 0 radical (unpaired) electrons. The van der Waals surface area contributed by atoms with Crippen LogP contribution in [0.3, 0.4) is 0 Å². The molecule has 2 unspecified atom stereocenters. The molecule has 18 heavy (non-hydrogen) atoms. The molecule has 0 bridgehead atoms. The fourth-order valence-corrected chi connectivity index (χ4v) is 3.51. The molecular formula is C14H20N2S2. The van der Waals surface area contributed by atoms with Crippen molar-refractivity contribution < 1.29 is 0 Å². The minimum absolute atomic E-state index is 0.126. The third-order valence-electron chi connectivity index (χ3n) is 3.22. The number of nitrogens with zero attached hydrogens (tertiary/aromatic N) is 1. The highest BCUT2D eigenvalue weighted by molar-refractivity contribution is 7.10. The summed E-state index contributed by atoms with van der Waals surface area (Å²) in [6.45, 7) is 3.17. The Hall–Kier alpha value is -0.680. The minimum atomic E-state index is 0.126. The van der Waals surface area contributed by atoms with Gasteiger partial charge in [-0.25, -0.2) is 0 Å². The van der Waals surface area contributed by atoms with Crippen molar-refractivity contribution in [3.05, 3.63) is 44.8 Å². The normalized spacial score (nSPS) is 14.9. The van der Waals surface area contributed by atoms with Gasteiger partial charge in [0.2, 0.25) is 0 Å². The summed E-state index contributed by atoms with van der Waals surface area (Å²) in [5.74, 6) is 0. The zero-order valence-electron chi connectivity index (χ0n) is 10.9. The van der Waals surface area contributed by atoms with Gasteiger partial charge >= 0.3 is 0 Å². The zero-order chi connectivity index (χ0) is 13.0. The van der Waals surface area contributed by atoms with E-state index in [9.17, 15) is 0 Å². The molecule has 0 aromatic carbocycles. The van der Waals surface area contributed by atoms with E-state index in [0.29, 0.717) is 6.04 Å². The monoisotopic (exact) mass is 280 g/mol. The maximum Gasteiger partial charge on any atom is 0.0519 e. The maximum absolute atomic E-state index is 6.22. The molecule has 0 amide bonds. The fourth-order valence-electron chi connectivity index (χ4n) is 1.96. The van der Waals surface area contributed by atoms with Crippen molar-refractivity contribution in [2.75, 3.05) is 13.6 Å². The number of hydrogen-bond acceptors (Lipinski definition) is 4. The van der Waals surface area contributed by atoms with Crippen LogP contribution >= 0.6 is 22.7 Å². The van der Waals surface area contributed by atoms with Gasteiger partial charge in [-0.05, 0) is 43.3 Å². The highest BCUT2D eigenvalue weighted by Gasteiger charge is 2.15. The predicted molar refractivity (Wildman–Crippen MR) is 81.4 cm³/mol. The van der Waals surface area contributed by atoms with Crippen molar-refractivity contribution in [1.29, 1.82) is 0 Å². The Morgan fingerprint density at radius 2 is 1.94 bits per heavy atom. The predicted octanol–water partition coefficient (Wildman–Crippen LogP) is 3.37. The fraction of sp³-hybridized carbons (Fsp3) is 0.429. The molecule has 2 heterocycles. The van der Waals surface area contributed by atoms with Crippen LogP contribution in [0.25, 0.3) is 0 Å². The lowest BCUT2D eigenvalue weighted by atomic mass is 10.1. The lowest BCUT2D eigenvalue weighted by Gasteiger charge is -2.26. The smallest absolute Gasteiger partial charge is 0.0519 e. The van der Waals surface area contributed by atoms with Crippen LogP contribution in [0.1, 0.15) is 22.7 Å². The van der Waals surface area contributed by atoms with E-state index in [1.54, 1.807) is 11.3 Å². The summed E-state index contributed by atoms with van der Waals surface area (Å²) in [6, 6.07) is 9.15. The van der Waals surface area contributed by atoms with E-state index in [1.165, 1.54) is 9.75 Å². The molecule has 0 aliphatic carbocycles. The molecule has 0 saturated heterocycles. The first-order chi connectivity index (χ1) is 8.66. The molecule has 0 aliphatic heterocycles. The van der Waals surface area contributed by atoms with E-state index >= 15 is 0 Å². The van der Waals surface area contributed by atoms with Gasteiger partial charge in [-0.2, -0.15) is 0 Å². The van der Waals surface area contributed by atoms with Crippen LogP contribution in [0, 0.1) is 0 Å². The Kier molecular flexibility index (Phi) is 4.95. The van der Waals surface area contributed by atoms with Crippen LogP contribution in [-0.2, 0) is 6.42 Å². The van der Waals surface area contributed by atoms with E-state index in [-0.39, 0.29) is 6.04 Å². The van der Waals surface area contributed by atoms with Crippen molar-refractivity contribution in [3.63, 3.8) is 0 Å². The van der Waals surface area contributed by atoms with Crippen LogP contribution < -0.4 is 5.73 Å². The topological polar surface area (TPSA) is 29.3 Å². The van der Waals surface area contributed by atoms with E-state index < -0.39 is 0 Å². The van der Waals surface area contributed by atoms with Crippen molar-refractivity contribution in [3.8, 4) is 0 Å². The highest BCUT2D eigenvalue weighted by atomic mass is 32.1. The Morgan fingerprint density at radius 3 is 2.56 bits per heavy atom. The Morgan fingerprint density at radius 1 is 1.22 bits per heavy atom. The third-order valence-corrected chi connectivity index (χ3v) is 5.13. The lowest BCUT2D eigenvalue weighted by molar-refractivity contribution is 0.243. The molecule has 0 aliphatic rings. The highest BCUT2D eigenvalue weighted by Crippen LogP contribution is 2.19. The molecule has 0 spiro atoms. The number of thiophene rings is 2. The molecule has 0 fully saturated rings. The Bertz CT molecular complexity index is 436. The van der Waals surface area contributed by atoms with Gasteiger partial charge in [-0.1, -0.05) is 12.1 Å². The quantitative estimate of drug-likeness (QED) is 0.879. The largest absolute Gasteiger partial charge is 0.322 e. The standard InChI is InChI=1S/C14H20N2S2/c1-11(9-12-5-3-7-17-12)16(2)10-13(15)14-6-4-8-18-14/h3-8,11,13H,9-10,15H2,1-2H3. The van der Waals surface area contributed by atoms with Crippen LogP contribution in [0.4, 0.5) is 0 Å². The second-order valence-corrected chi connectivity index (χ2v) is 6.71. The lowest BCUT2D eigenvalue weighted by Crippen LogP contribution is -2.36. The summed E-state index contributed by atoms with van der Waals surface area (Å²) in [5.41, 5.74) is 6.22. The molecule has 2 aromatic heterocycles. The van der Waals surface area contributed by atoms with E-state index in [1.807, 2.05) is 11.3 Å². The molecule has 4 heteroatoms. The maximum atomic E-state index is 6.22. The number of rotatable bonds is 6. The first kappa shape index (κ1) is 13.7. The SMILES string of the molecule is CC(Cc1cccs1)N(C)CC(N)c1cccs1. The first-order valence-corrected chi connectivity index (χ1v) is 7.94. The van der Waals surface area contributed by atoms with E-state index in [2.05, 4.69) is 53.9 Å².